The van der Waals surface area contributed by atoms with Crippen LogP contribution in [0.3, 0.4) is 0 Å². The number of aromatic carboxylic acids is 1. The van der Waals surface area contributed by atoms with E-state index in [1.807, 2.05) is 0 Å². The van der Waals surface area contributed by atoms with Crippen LogP contribution < -0.4 is 15.2 Å². The molecule has 1 aromatic rings. The van der Waals surface area contributed by atoms with Gasteiger partial charge in [-0.2, -0.15) is 0 Å². The monoisotopic (exact) mass is 211 g/mol. The van der Waals surface area contributed by atoms with Gasteiger partial charge in [0.1, 0.15) is 0 Å². The Balaban J connectivity index is 3.34. The number of methoxy groups -OCH3 is 2. The molecule has 3 N–H and O–H groups in total. The van der Waals surface area contributed by atoms with Crippen LogP contribution in [0.15, 0.2) is 12.1 Å². The van der Waals surface area contributed by atoms with Crippen molar-refractivity contribution in [1.29, 1.82) is 0 Å². The van der Waals surface area contributed by atoms with Crippen molar-refractivity contribution in [2.24, 2.45) is 5.73 Å². The standard InChI is InChI=1S/C10H13NO4/c1-14-8-3-6(5-11)7(10(12)13)4-9(8)15-2/h3-4H,5,11H2,1-2H3,(H,12,13). The molecule has 0 saturated heterocycles. The van der Waals surface area contributed by atoms with E-state index in [1.54, 1.807) is 6.07 Å². The predicted molar refractivity (Wildman–Crippen MR) is 54.4 cm³/mol. The van der Waals surface area contributed by atoms with Crippen LogP contribution in [-0.4, -0.2) is 25.3 Å². The number of carboxylic acids is 1. The van der Waals surface area contributed by atoms with E-state index in [0.717, 1.165) is 0 Å². The van der Waals surface area contributed by atoms with Crippen molar-refractivity contribution in [1.82, 2.24) is 0 Å². The van der Waals surface area contributed by atoms with Gasteiger partial charge in [-0.25, -0.2) is 4.79 Å². The summed E-state index contributed by atoms with van der Waals surface area (Å²) in [4.78, 5) is 10.9. The predicted octanol–water partition coefficient (Wildman–Crippen LogP) is 0.861. The van der Waals surface area contributed by atoms with Gasteiger partial charge < -0.3 is 20.3 Å². The van der Waals surface area contributed by atoms with Crippen molar-refractivity contribution in [3.63, 3.8) is 0 Å². The van der Waals surface area contributed by atoms with Gasteiger partial charge in [0, 0.05) is 6.54 Å². The molecular weight excluding hydrogens is 198 g/mol. The highest BCUT2D eigenvalue weighted by Crippen LogP contribution is 2.30. The molecule has 15 heavy (non-hydrogen) atoms. The van der Waals surface area contributed by atoms with Crippen molar-refractivity contribution in [2.45, 2.75) is 6.54 Å². The maximum Gasteiger partial charge on any atom is 0.336 e. The topological polar surface area (TPSA) is 81.8 Å². The summed E-state index contributed by atoms with van der Waals surface area (Å²) in [5, 5.41) is 8.93. The molecule has 82 valence electrons. The van der Waals surface area contributed by atoms with Crippen LogP contribution in [0.2, 0.25) is 0 Å². The maximum absolute atomic E-state index is 10.9. The van der Waals surface area contributed by atoms with Gasteiger partial charge in [-0.15, -0.1) is 0 Å². The molecule has 0 bridgehead atoms. The fourth-order valence-corrected chi connectivity index (χ4v) is 1.29. The molecule has 0 atom stereocenters. The summed E-state index contributed by atoms with van der Waals surface area (Å²) in [6, 6.07) is 2.98. The SMILES string of the molecule is COc1cc(CN)c(C(=O)O)cc1OC. The van der Waals surface area contributed by atoms with E-state index in [-0.39, 0.29) is 12.1 Å². The zero-order chi connectivity index (χ0) is 11.4. The first kappa shape index (κ1) is 11.3. The van der Waals surface area contributed by atoms with Gasteiger partial charge in [0.05, 0.1) is 19.8 Å². The summed E-state index contributed by atoms with van der Waals surface area (Å²) >= 11 is 0. The van der Waals surface area contributed by atoms with Crippen molar-refractivity contribution in [3.8, 4) is 11.5 Å². The molecule has 1 rings (SSSR count). The van der Waals surface area contributed by atoms with Crippen LogP contribution >= 0.6 is 0 Å². The van der Waals surface area contributed by atoms with Crippen LogP contribution in [0.5, 0.6) is 11.5 Å². The molecular formula is C10H13NO4. The van der Waals surface area contributed by atoms with Crippen molar-refractivity contribution >= 4 is 5.97 Å². The zero-order valence-corrected chi connectivity index (χ0v) is 8.61. The molecule has 5 heteroatoms. The van der Waals surface area contributed by atoms with E-state index in [0.29, 0.717) is 17.1 Å². The van der Waals surface area contributed by atoms with E-state index < -0.39 is 5.97 Å². The summed E-state index contributed by atoms with van der Waals surface area (Å²) in [5.74, 6) is -0.175. The quantitative estimate of drug-likeness (QED) is 0.771. The van der Waals surface area contributed by atoms with Gasteiger partial charge >= 0.3 is 5.97 Å². The Hall–Kier alpha value is -1.75. The number of benzene rings is 1. The first-order valence-electron chi connectivity index (χ1n) is 4.32. The number of nitrogens with two attached hydrogens (primary N) is 1. The van der Waals surface area contributed by atoms with Crippen molar-refractivity contribution < 1.29 is 19.4 Å². The minimum absolute atomic E-state index is 0.134. The Morgan fingerprint density at radius 2 is 1.87 bits per heavy atom. The Bertz CT molecular complexity index is 376. The van der Waals surface area contributed by atoms with Gasteiger partial charge in [0.25, 0.3) is 0 Å². The summed E-state index contributed by atoms with van der Waals surface area (Å²) in [7, 11) is 2.93. The number of ether oxygens (including phenoxy) is 2. The van der Waals surface area contributed by atoms with Gasteiger partial charge in [-0.3, -0.25) is 0 Å². The first-order chi connectivity index (χ1) is 7.13. The summed E-state index contributed by atoms with van der Waals surface area (Å²) in [6.45, 7) is 0.141. The molecule has 1 aromatic carbocycles. The van der Waals surface area contributed by atoms with Gasteiger partial charge in [-0.1, -0.05) is 0 Å². The lowest BCUT2D eigenvalue weighted by molar-refractivity contribution is 0.0695. The highest BCUT2D eigenvalue weighted by Gasteiger charge is 2.14. The highest BCUT2D eigenvalue weighted by atomic mass is 16.5. The molecule has 0 amide bonds. The number of hydrogen-bond acceptors (Lipinski definition) is 4. The molecule has 0 spiro atoms. The molecule has 0 radical (unpaired) electrons. The molecule has 0 unspecified atom stereocenters. The molecule has 0 aliphatic heterocycles. The average Bonchev–Trinajstić information content (AvgIpc) is 2.26. The van der Waals surface area contributed by atoms with E-state index >= 15 is 0 Å². The normalized spacial score (nSPS) is 9.80. The molecule has 0 saturated carbocycles. The number of rotatable bonds is 4. The lowest BCUT2D eigenvalue weighted by Gasteiger charge is -2.11. The maximum atomic E-state index is 10.9. The third kappa shape index (κ3) is 2.19. The number of hydrogen-bond donors (Lipinski definition) is 2. The molecule has 0 aliphatic rings. The van der Waals surface area contributed by atoms with Gasteiger partial charge in [0.15, 0.2) is 11.5 Å². The third-order valence-electron chi connectivity index (χ3n) is 2.06. The van der Waals surface area contributed by atoms with Crippen LogP contribution in [0.4, 0.5) is 0 Å². The van der Waals surface area contributed by atoms with Crippen LogP contribution in [0, 0.1) is 0 Å². The first-order valence-corrected chi connectivity index (χ1v) is 4.32. The zero-order valence-electron chi connectivity index (χ0n) is 8.61. The second-order valence-corrected chi connectivity index (χ2v) is 2.87. The van der Waals surface area contributed by atoms with Gasteiger partial charge in [-0.05, 0) is 17.7 Å². The average molecular weight is 211 g/mol. The Kier molecular flexibility index (Phi) is 3.51. The van der Waals surface area contributed by atoms with Crippen molar-refractivity contribution in [2.75, 3.05) is 14.2 Å². The second-order valence-electron chi connectivity index (χ2n) is 2.87. The Labute approximate surface area is 87.4 Å². The molecule has 0 fully saturated rings. The van der Waals surface area contributed by atoms with E-state index in [4.69, 9.17) is 20.3 Å². The summed E-state index contributed by atoms with van der Waals surface area (Å²) in [5.41, 5.74) is 6.09. The smallest absolute Gasteiger partial charge is 0.336 e. The lowest BCUT2D eigenvalue weighted by atomic mass is 10.1. The largest absolute Gasteiger partial charge is 0.493 e. The molecule has 0 heterocycles. The second kappa shape index (κ2) is 4.65. The summed E-state index contributed by atoms with van der Waals surface area (Å²) < 4.78 is 10.0. The fraction of sp³-hybridized carbons (Fsp3) is 0.300. The van der Waals surface area contributed by atoms with Crippen LogP contribution in [-0.2, 0) is 6.54 Å². The van der Waals surface area contributed by atoms with Gasteiger partial charge in [0.2, 0.25) is 0 Å². The highest BCUT2D eigenvalue weighted by molar-refractivity contribution is 5.90. The minimum atomic E-state index is -1.03. The molecule has 0 aliphatic carbocycles. The van der Waals surface area contributed by atoms with Crippen LogP contribution in [0.1, 0.15) is 15.9 Å². The van der Waals surface area contributed by atoms with E-state index in [1.165, 1.54) is 20.3 Å². The fourth-order valence-electron chi connectivity index (χ4n) is 1.29. The Morgan fingerprint density at radius 3 is 2.27 bits per heavy atom. The number of carbonyl (C=O) groups is 1. The molecule has 5 nitrogen and oxygen atoms in total. The minimum Gasteiger partial charge on any atom is -0.493 e. The number of carboxylic acid groups (broad SMARTS) is 1. The van der Waals surface area contributed by atoms with E-state index in [9.17, 15) is 4.79 Å². The lowest BCUT2D eigenvalue weighted by Crippen LogP contribution is -2.08. The third-order valence-corrected chi connectivity index (χ3v) is 2.06. The van der Waals surface area contributed by atoms with Crippen LogP contribution in [0.25, 0.3) is 0 Å². The molecule has 0 aromatic heterocycles. The Morgan fingerprint density at radius 1 is 1.33 bits per heavy atom. The summed E-state index contributed by atoms with van der Waals surface area (Å²) in [6.07, 6.45) is 0. The van der Waals surface area contributed by atoms with E-state index in [2.05, 4.69) is 0 Å². The van der Waals surface area contributed by atoms with Crippen molar-refractivity contribution in [3.05, 3.63) is 23.3 Å².